The first kappa shape index (κ1) is 23.3. The number of carbonyl (C=O) groups is 2. The van der Waals surface area contributed by atoms with E-state index in [9.17, 15) is 9.59 Å². The highest BCUT2D eigenvalue weighted by molar-refractivity contribution is 8.22. The maximum Gasteiger partial charge on any atom is 0.261 e. The number of hydrogen-bond acceptors (Lipinski definition) is 4. The van der Waals surface area contributed by atoms with Crippen LogP contribution < -0.4 is 5.32 Å². The molecule has 0 radical (unpaired) electrons. The minimum absolute atomic E-state index is 0.169. The molecule has 152 valence electrons. The fraction of sp³-hybridized carbons (Fsp3) is 0.217. The Bertz CT molecular complexity index is 895. The molecule has 0 fully saturated rings. The van der Waals surface area contributed by atoms with Crippen molar-refractivity contribution < 1.29 is 9.59 Å². The second kappa shape index (κ2) is 11.9. The summed E-state index contributed by atoms with van der Waals surface area (Å²) in [6.45, 7) is 6.02. The Kier molecular flexibility index (Phi) is 9.58. The average molecular weight is 446 g/mol. The van der Waals surface area contributed by atoms with Crippen molar-refractivity contribution in [1.29, 1.82) is 0 Å². The van der Waals surface area contributed by atoms with E-state index in [1.165, 1.54) is 29.6 Å². The van der Waals surface area contributed by atoms with Crippen molar-refractivity contribution in [3.63, 3.8) is 0 Å². The Morgan fingerprint density at radius 3 is 2.10 bits per heavy atom. The third-order valence-corrected chi connectivity index (χ3v) is 6.30. The minimum Gasteiger partial charge on any atom is -0.322 e. The molecule has 2 aromatic carbocycles. The van der Waals surface area contributed by atoms with Gasteiger partial charge in [-0.2, -0.15) is 0 Å². The molecule has 0 aliphatic carbocycles. The van der Waals surface area contributed by atoms with Crippen LogP contribution in [0.25, 0.3) is 6.08 Å². The SMILES string of the molecule is CCSC(SCC)=C(C(=O)/C=C/c1ccc(C)cc1)C(=O)Nc1ccc(Cl)cc1. The molecule has 0 saturated carbocycles. The van der Waals surface area contributed by atoms with E-state index in [1.54, 1.807) is 30.3 Å². The third kappa shape index (κ3) is 7.42. The van der Waals surface area contributed by atoms with Gasteiger partial charge in [0.15, 0.2) is 5.78 Å². The summed E-state index contributed by atoms with van der Waals surface area (Å²) >= 11 is 8.93. The van der Waals surface area contributed by atoms with Crippen LogP contribution in [0.2, 0.25) is 5.02 Å². The van der Waals surface area contributed by atoms with Crippen molar-refractivity contribution in [3.05, 3.63) is 80.6 Å². The van der Waals surface area contributed by atoms with Gasteiger partial charge in [-0.1, -0.05) is 61.4 Å². The predicted octanol–water partition coefficient (Wildman–Crippen LogP) is 6.59. The zero-order chi connectivity index (χ0) is 21.2. The van der Waals surface area contributed by atoms with Crippen molar-refractivity contribution >= 4 is 58.6 Å². The van der Waals surface area contributed by atoms with E-state index >= 15 is 0 Å². The molecule has 0 spiro atoms. The lowest BCUT2D eigenvalue weighted by molar-refractivity contribution is -0.117. The summed E-state index contributed by atoms with van der Waals surface area (Å²) in [4.78, 5) is 26.0. The molecule has 2 rings (SSSR count). The number of nitrogens with one attached hydrogen (secondary N) is 1. The van der Waals surface area contributed by atoms with Crippen molar-refractivity contribution in [1.82, 2.24) is 0 Å². The van der Waals surface area contributed by atoms with Gasteiger partial charge in [0.2, 0.25) is 0 Å². The third-order valence-electron chi connectivity index (χ3n) is 3.84. The van der Waals surface area contributed by atoms with E-state index in [1.807, 2.05) is 45.0 Å². The molecule has 0 unspecified atom stereocenters. The van der Waals surface area contributed by atoms with Gasteiger partial charge in [-0.05, 0) is 54.3 Å². The monoisotopic (exact) mass is 445 g/mol. The van der Waals surface area contributed by atoms with Gasteiger partial charge in [-0.25, -0.2) is 0 Å². The Balaban J connectivity index is 2.33. The molecule has 0 saturated heterocycles. The lowest BCUT2D eigenvalue weighted by Gasteiger charge is -2.12. The maximum absolute atomic E-state index is 13.0. The fourth-order valence-electron chi connectivity index (χ4n) is 2.41. The van der Waals surface area contributed by atoms with Gasteiger partial charge in [0.25, 0.3) is 5.91 Å². The predicted molar refractivity (Wildman–Crippen MR) is 129 cm³/mol. The van der Waals surface area contributed by atoms with Crippen LogP contribution in [0, 0.1) is 6.92 Å². The number of benzene rings is 2. The van der Waals surface area contributed by atoms with Crippen LogP contribution in [0.1, 0.15) is 25.0 Å². The van der Waals surface area contributed by atoms with Gasteiger partial charge < -0.3 is 5.32 Å². The van der Waals surface area contributed by atoms with Crippen LogP contribution in [0.4, 0.5) is 5.69 Å². The molecule has 1 amide bonds. The Labute approximate surface area is 186 Å². The summed E-state index contributed by atoms with van der Waals surface area (Å²) in [6.07, 6.45) is 3.20. The van der Waals surface area contributed by atoms with Gasteiger partial charge in [-0.15, -0.1) is 23.5 Å². The Hall–Kier alpha value is -1.95. The smallest absolute Gasteiger partial charge is 0.261 e. The Morgan fingerprint density at radius 1 is 0.966 bits per heavy atom. The summed E-state index contributed by atoms with van der Waals surface area (Å²) in [5.41, 5.74) is 2.82. The van der Waals surface area contributed by atoms with E-state index in [2.05, 4.69) is 5.32 Å². The molecule has 3 nitrogen and oxygen atoms in total. The Morgan fingerprint density at radius 2 is 1.55 bits per heavy atom. The van der Waals surface area contributed by atoms with E-state index < -0.39 is 5.91 Å². The largest absolute Gasteiger partial charge is 0.322 e. The lowest BCUT2D eigenvalue weighted by atomic mass is 10.1. The van der Waals surface area contributed by atoms with Gasteiger partial charge in [0.1, 0.15) is 5.57 Å². The van der Waals surface area contributed by atoms with E-state index in [-0.39, 0.29) is 11.4 Å². The first-order chi connectivity index (χ1) is 13.9. The highest BCUT2D eigenvalue weighted by Crippen LogP contribution is 2.32. The van der Waals surface area contributed by atoms with Crippen molar-refractivity contribution in [3.8, 4) is 0 Å². The summed E-state index contributed by atoms with van der Waals surface area (Å²) < 4.78 is 0.736. The van der Waals surface area contributed by atoms with Crippen LogP contribution >= 0.6 is 35.1 Å². The van der Waals surface area contributed by atoms with Crippen LogP contribution in [-0.4, -0.2) is 23.2 Å². The highest BCUT2D eigenvalue weighted by atomic mass is 35.5. The van der Waals surface area contributed by atoms with Crippen molar-refractivity contribution in [2.24, 2.45) is 0 Å². The summed E-state index contributed by atoms with van der Waals surface area (Å²) in [5, 5.41) is 3.40. The lowest BCUT2D eigenvalue weighted by Crippen LogP contribution is -2.20. The van der Waals surface area contributed by atoms with E-state index in [4.69, 9.17) is 11.6 Å². The number of carbonyl (C=O) groups excluding carboxylic acids is 2. The first-order valence-electron chi connectivity index (χ1n) is 9.30. The second-order valence-corrected chi connectivity index (χ2v) is 9.34. The summed E-state index contributed by atoms with van der Waals surface area (Å²) in [7, 11) is 0. The molecule has 0 bridgehead atoms. The zero-order valence-corrected chi connectivity index (χ0v) is 19.1. The van der Waals surface area contributed by atoms with Gasteiger partial charge >= 0.3 is 0 Å². The van der Waals surface area contributed by atoms with Gasteiger partial charge in [0, 0.05) is 10.7 Å². The first-order valence-corrected chi connectivity index (χ1v) is 11.6. The van der Waals surface area contributed by atoms with Gasteiger partial charge in [0.05, 0.1) is 4.24 Å². The molecule has 0 aliphatic rings. The van der Waals surface area contributed by atoms with Crippen LogP contribution in [0.3, 0.4) is 0 Å². The highest BCUT2D eigenvalue weighted by Gasteiger charge is 2.22. The normalized spacial score (nSPS) is 10.8. The standard InChI is InChI=1S/C23H24ClNO2S2/c1-4-28-23(29-5-2)21(22(27)25-19-13-11-18(24)12-14-19)20(26)15-10-17-8-6-16(3)7-9-17/h6-15H,4-5H2,1-3H3,(H,25,27)/b15-10+. The molecule has 2 aromatic rings. The molecular formula is C23H24ClNO2S2. The van der Waals surface area contributed by atoms with E-state index in [0.29, 0.717) is 10.7 Å². The molecule has 1 N–H and O–H groups in total. The number of anilines is 1. The summed E-state index contributed by atoms with van der Waals surface area (Å²) in [6, 6.07) is 14.7. The molecule has 0 atom stereocenters. The molecule has 29 heavy (non-hydrogen) atoms. The summed E-state index contributed by atoms with van der Waals surface area (Å²) in [5.74, 6) is 0.820. The number of thioether (sulfide) groups is 2. The number of rotatable bonds is 9. The molecule has 0 aliphatic heterocycles. The number of allylic oxidation sites excluding steroid dienone is 1. The quantitative estimate of drug-likeness (QED) is 0.268. The number of hydrogen-bond donors (Lipinski definition) is 1. The van der Waals surface area contributed by atoms with Crippen LogP contribution in [0.15, 0.2) is 64.4 Å². The van der Waals surface area contributed by atoms with E-state index in [0.717, 1.165) is 26.9 Å². The number of ketones is 1. The minimum atomic E-state index is -0.414. The fourth-order valence-corrected chi connectivity index (χ4v) is 4.78. The average Bonchev–Trinajstić information content (AvgIpc) is 2.70. The maximum atomic E-state index is 13.0. The number of amides is 1. The van der Waals surface area contributed by atoms with Crippen LogP contribution in [0.5, 0.6) is 0 Å². The number of aryl methyl sites for hydroxylation is 1. The molecule has 0 heterocycles. The topological polar surface area (TPSA) is 46.2 Å². The van der Waals surface area contributed by atoms with Crippen molar-refractivity contribution in [2.45, 2.75) is 20.8 Å². The molecule has 0 aromatic heterocycles. The molecule has 6 heteroatoms. The zero-order valence-electron chi connectivity index (χ0n) is 16.7. The second-order valence-electron chi connectivity index (χ2n) is 6.10. The number of halogens is 1. The van der Waals surface area contributed by atoms with Gasteiger partial charge in [-0.3, -0.25) is 9.59 Å². The van der Waals surface area contributed by atoms with Crippen molar-refractivity contribution in [2.75, 3.05) is 16.8 Å². The molecular weight excluding hydrogens is 422 g/mol. The van der Waals surface area contributed by atoms with Crippen LogP contribution in [-0.2, 0) is 9.59 Å².